The normalized spacial score (nSPS) is 19.9. The van der Waals surface area contributed by atoms with Gasteiger partial charge in [-0.3, -0.25) is 4.57 Å². The van der Waals surface area contributed by atoms with Gasteiger partial charge in [0.05, 0.1) is 17.9 Å². The summed E-state index contributed by atoms with van der Waals surface area (Å²) >= 11 is 0. The number of anilines is 2. The summed E-state index contributed by atoms with van der Waals surface area (Å²) in [4.78, 5) is 2.43. The standard InChI is InChI=1S/C21H25N5O/c1-16-12-25(13-17(2)27-16)21-9-4-3-6-18(21)11-22-19-7-5-8-20(10-19)26-14-23-24-15-26/h3-10,14-17,22H,11-13H2,1-2H3/t16-,17+. The molecule has 2 heterocycles. The first-order valence-electron chi connectivity index (χ1n) is 9.36. The van der Waals surface area contributed by atoms with E-state index in [-0.39, 0.29) is 12.2 Å². The van der Waals surface area contributed by atoms with Crippen molar-refractivity contribution in [2.45, 2.75) is 32.6 Å². The van der Waals surface area contributed by atoms with E-state index < -0.39 is 0 Å². The predicted molar refractivity (Wildman–Crippen MR) is 107 cm³/mol. The number of morpholine rings is 1. The number of nitrogens with one attached hydrogen (secondary N) is 1. The minimum Gasteiger partial charge on any atom is -0.381 e. The molecule has 140 valence electrons. The number of nitrogens with zero attached hydrogens (tertiary/aromatic N) is 4. The van der Waals surface area contributed by atoms with Crippen molar-refractivity contribution in [3.8, 4) is 5.69 Å². The first kappa shape index (κ1) is 17.5. The lowest BCUT2D eigenvalue weighted by Crippen LogP contribution is -2.45. The van der Waals surface area contributed by atoms with Gasteiger partial charge >= 0.3 is 0 Å². The van der Waals surface area contributed by atoms with Gasteiger partial charge in [-0.15, -0.1) is 10.2 Å². The first-order valence-corrected chi connectivity index (χ1v) is 9.36. The Morgan fingerprint density at radius 3 is 2.52 bits per heavy atom. The Morgan fingerprint density at radius 1 is 1.00 bits per heavy atom. The Morgan fingerprint density at radius 2 is 1.74 bits per heavy atom. The molecule has 1 aromatic heterocycles. The summed E-state index contributed by atoms with van der Waals surface area (Å²) in [5.74, 6) is 0. The van der Waals surface area contributed by atoms with E-state index in [1.54, 1.807) is 12.7 Å². The summed E-state index contributed by atoms with van der Waals surface area (Å²) in [6.07, 6.45) is 3.90. The van der Waals surface area contributed by atoms with Gasteiger partial charge in [-0.25, -0.2) is 0 Å². The van der Waals surface area contributed by atoms with Gasteiger partial charge in [0.25, 0.3) is 0 Å². The van der Waals surface area contributed by atoms with Crippen LogP contribution in [-0.4, -0.2) is 40.1 Å². The maximum Gasteiger partial charge on any atom is 0.123 e. The van der Waals surface area contributed by atoms with E-state index in [0.29, 0.717) is 0 Å². The molecule has 6 nitrogen and oxygen atoms in total. The van der Waals surface area contributed by atoms with Crippen LogP contribution in [0.1, 0.15) is 19.4 Å². The quantitative estimate of drug-likeness (QED) is 0.752. The molecule has 2 atom stereocenters. The second kappa shape index (κ2) is 7.80. The Kier molecular flexibility index (Phi) is 5.07. The van der Waals surface area contributed by atoms with Crippen LogP contribution in [0.4, 0.5) is 11.4 Å². The van der Waals surface area contributed by atoms with Gasteiger partial charge in [0.1, 0.15) is 12.7 Å². The van der Waals surface area contributed by atoms with Crippen LogP contribution in [0, 0.1) is 0 Å². The van der Waals surface area contributed by atoms with Crippen molar-refractivity contribution in [2.75, 3.05) is 23.3 Å². The van der Waals surface area contributed by atoms with E-state index in [0.717, 1.165) is 31.0 Å². The summed E-state index contributed by atoms with van der Waals surface area (Å²) in [7, 11) is 0. The highest BCUT2D eigenvalue weighted by atomic mass is 16.5. The average Bonchev–Trinajstić information content (AvgIpc) is 3.21. The lowest BCUT2D eigenvalue weighted by atomic mass is 10.1. The summed E-state index contributed by atoms with van der Waals surface area (Å²) in [6.45, 7) is 6.89. The van der Waals surface area contributed by atoms with Crippen LogP contribution < -0.4 is 10.2 Å². The van der Waals surface area contributed by atoms with E-state index in [4.69, 9.17) is 4.74 Å². The second-order valence-corrected chi connectivity index (χ2v) is 7.06. The molecule has 1 aliphatic heterocycles. The molecule has 1 aliphatic rings. The molecule has 3 aromatic rings. The maximum atomic E-state index is 5.89. The van der Waals surface area contributed by atoms with E-state index in [1.165, 1.54) is 11.3 Å². The zero-order chi connectivity index (χ0) is 18.6. The van der Waals surface area contributed by atoms with Crippen molar-refractivity contribution in [1.82, 2.24) is 14.8 Å². The minimum atomic E-state index is 0.246. The molecule has 0 spiro atoms. The molecule has 0 radical (unpaired) electrons. The van der Waals surface area contributed by atoms with Crippen molar-refractivity contribution in [1.29, 1.82) is 0 Å². The van der Waals surface area contributed by atoms with E-state index >= 15 is 0 Å². The number of benzene rings is 2. The van der Waals surface area contributed by atoms with E-state index in [9.17, 15) is 0 Å². The van der Waals surface area contributed by atoms with Crippen LogP contribution in [0.15, 0.2) is 61.2 Å². The SMILES string of the molecule is C[C@@H]1CN(c2ccccc2CNc2cccc(-n3cnnc3)c2)C[C@H](C)O1. The number of para-hydroxylation sites is 1. The minimum absolute atomic E-state index is 0.246. The zero-order valence-corrected chi connectivity index (χ0v) is 15.7. The molecule has 27 heavy (non-hydrogen) atoms. The molecule has 0 bridgehead atoms. The topological polar surface area (TPSA) is 55.2 Å². The summed E-state index contributed by atoms with van der Waals surface area (Å²) in [5, 5.41) is 11.3. The third kappa shape index (κ3) is 4.11. The van der Waals surface area contributed by atoms with Crippen LogP contribution in [-0.2, 0) is 11.3 Å². The summed E-state index contributed by atoms with van der Waals surface area (Å²) in [5.41, 5.74) is 4.67. The highest BCUT2D eigenvalue weighted by Gasteiger charge is 2.23. The van der Waals surface area contributed by atoms with Gasteiger partial charge < -0.3 is 15.0 Å². The third-order valence-electron chi connectivity index (χ3n) is 4.80. The van der Waals surface area contributed by atoms with Crippen molar-refractivity contribution >= 4 is 11.4 Å². The molecule has 4 rings (SSSR count). The van der Waals surface area contributed by atoms with Crippen LogP contribution >= 0.6 is 0 Å². The molecule has 1 N–H and O–H groups in total. The van der Waals surface area contributed by atoms with Gasteiger partial charge in [-0.2, -0.15) is 0 Å². The lowest BCUT2D eigenvalue weighted by Gasteiger charge is -2.37. The van der Waals surface area contributed by atoms with Gasteiger partial charge in [0.15, 0.2) is 0 Å². The van der Waals surface area contributed by atoms with Gasteiger partial charge in [0.2, 0.25) is 0 Å². The smallest absolute Gasteiger partial charge is 0.123 e. The molecule has 2 aromatic carbocycles. The molecule has 0 unspecified atom stereocenters. The third-order valence-corrected chi connectivity index (χ3v) is 4.80. The molecular formula is C21H25N5O. The van der Waals surface area contributed by atoms with E-state index in [2.05, 4.69) is 70.7 Å². The van der Waals surface area contributed by atoms with Crippen LogP contribution in [0.2, 0.25) is 0 Å². The highest BCUT2D eigenvalue weighted by Crippen LogP contribution is 2.25. The van der Waals surface area contributed by atoms with Crippen molar-refractivity contribution in [3.05, 3.63) is 66.7 Å². The Labute approximate surface area is 159 Å². The summed E-state index contributed by atoms with van der Waals surface area (Å²) in [6, 6.07) is 16.9. The molecular weight excluding hydrogens is 338 g/mol. The van der Waals surface area contributed by atoms with Crippen molar-refractivity contribution in [2.24, 2.45) is 0 Å². The monoisotopic (exact) mass is 363 g/mol. The molecule has 0 saturated carbocycles. The van der Waals surface area contributed by atoms with Crippen LogP contribution in [0.3, 0.4) is 0 Å². The molecule has 6 heteroatoms. The maximum absolute atomic E-state index is 5.89. The molecule has 1 fully saturated rings. The Balaban J connectivity index is 1.50. The fourth-order valence-electron chi connectivity index (χ4n) is 3.65. The number of hydrogen-bond donors (Lipinski definition) is 1. The van der Waals surface area contributed by atoms with Crippen LogP contribution in [0.5, 0.6) is 0 Å². The molecule has 0 amide bonds. The van der Waals surface area contributed by atoms with Gasteiger partial charge in [0, 0.05) is 31.0 Å². The number of aromatic nitrogens is 3. The summed E-state index contributed by atoms with van der Waals surface area (Å²) < 4.78 is 7.78. The highest BCUT2D eigenvalue weighted by molar-refractivity contribution is 5.57. The fourth-order valence-corrected chi connectivity index (χ4v) is 3.65. The average molecular weight is 363 g/mol. The van der Waals surface area contributed by atoms with Crippen molar-refractivity contribution in [3.63, 3.8) is 0 Å². The number of hydrogen-bond acceptors (Lipinski definition) is 5. The zero-order valence-electron chi connectivity index (χ0n) is 15.7. The van der Waals surface area contributed by atoms with Gasteiger partial charge in [-0.1, -0.05) is 24.3 Å². The molecule has 0 aliphatic carbocycles. The van der Waals surface area contributed by atoms with Crippen LogP contribution in [0.25, 0.3) is 5.69 Å². The molecule has 1 saturated heterocycles. The Bertz CT molecular complexity index is 870. The fraction of sp³-hybridized carbons (Fsp3) is 0.333. The van der Waals surface area contributed by atoms with E-state index in [1.807, 2.05) is 16.7 Å². The first-order chi connectivity index (χ1) is 13.2. The number of rotatable bonds is 5. The predicted octanol–water partition coefficient (Wildman–Crippen LogP) is 3.49. The largest absolute Gasteiger partial charge is 0.381 e. The second-order valence-electron chi connectivity index (χ2n) is 7.06. The number of ether oxygens (including phenoxy) is 1. The Hall–Kier alpha value is -2.86. The van der Waals surface area contributed by atoms with Gasteiger partial charge in [-0.05, 0) is 43.7 Å². The van der Waals surface area contributed by atoms with Crippen molar-refractivity contribution < 1.29 is 4.74 Å². The lowest BCUT2D eigenvalue weighted by molar-refractivity contribution is -0.00525.